The second kappa shape index (κ2) is 5.31. The summed E-state index contributed by atoms with van der Waals surface area (Å²) < 4.78 is 3.09. The first-order valence-corrected chi connectivity index (χ1v) is 9.27. The van der Waals surface area contributed by atoms with E-state index in [9.17, 15) is 0 Å². The van der Waals surface area contributed by atoms with Crippen LogP contribution in [0, 0.1) is 5.41 Å². The monoisotopic (exact) mass is 348 g/mol. The van der Waals surface area contributed by atoms with Crippen LogP contribution in [0.15, 0.2) is 30.5 Å². The number of rotatable bonds is 2. The Morgan fingerprint density at radius 2 is 1.95 bits per heavy atom. The van der Waals surface area contributed by atoms with Crippen molar-refractivity contribution in [2.24, 2.45) is 5.41 Å². The Balaban J connectivity index is 2.01. The fraction of sp³-hybridized carbons (Fsp3) is 0.444. The van der Waals surface area contributed by atoms with Gasteiger partial charge in [0.15, 0.2) is 0 Å². The van der Waals surface area contributed by atoms with Crippen LogP contribution in [0.1, 0.15) is 43.9 Å². The van der Waals surface area contributed by atoms with Crippen LogP contribution in [0.4, 0.5) is 0 Å². The molecule has 0 spiro atoms. The third kappa shape index (κ3) is 2.70. The Bertz CT molecular complexity index is 678. The molecule has 2 nitrogen and oxygen atoms in total. The average Bonchev–Trinajstić information content (AvgIpc) is 2.79. The summed E-state index contributed by atoms with van der Waals surface area (Å²) in [4.78, 5) is 2.31. The van der Waals surface area contributed by atoms with Crippen LogP contribution < -0.4 is 5.32 Å². The fourth-order valence-corrected chi connectivity index (χ4v) is 5.34. The Kier molecular flexibility index (Phi) is 3.77. The van der Waals surface area contributed by atoms with E-state index >= 15 is 0 Å². The van der Waals surface area contributed by atoms with Crippen LogP contribution in [0.2, 0.25) is 0 Å². The Morgan fingerprint density at radius 1 is 1.24 bits per heavy atom. The van der Waals surface area contributed by atoms with Gasteiger partial charge in [-0.15, -0.1) is 0 Å². The molecule has 0 saturated carbocycles. The zero-order valence-corrected chi connectivity index (χ0v) is 15.2. The Labute approximate surface area is 133 Å². The van der Waals surface area contributed by atoms with E-state index in [-0.39, 0.29) is 5.41 Å². The molecular formula is C18H24N2Se. The van der Waals surface area contributed by atoms with E-state index in [1.54, 1.807) is 4.44 Å². The number of nitrogens with one attached hydrogen (secondary N) is 1. The molecule has 3 rings (SSSR count). The van der Waals surface area contributed by atoms with Crippen LogP contribution in [-0.2, 0) is 0 Å². The maximum absolute atomic E-state index is 3.85. The van der Waals surface area contributed by atoms with Crippen molar-refractivity contribution in [3.05, 3.63) is 40.5 Å². The van der Waals surface area contributed by atoms with Crippen LogP contribution in [0.25, 0.3) is 15.7 Å². The molecule has 1 aliphatic rings. The average molecular weight is 347 g/mol. The topological polar surface area (TPSA) is 15.3 Å². The second-order valence-electron chi connectivity index (χ2n) is 7.01. The third-order valence-corrected chi connectivity index (χ3v) is 7.10. The summed E-state index contributed by atoms with van der Waals surface area (Å²) in [5.41, 5.74) is 1.71. The van der Waals surface area contributed by atoms with Crippen molar-refractivity contribution in [3.63, 3.8) is 0 Å². The molecule has 0 saturated heterocycles. The van der Waals surface area contributed by atoms with Crippen LogP contribution in [0.5, 0.6) is 0 Å². The van der Waals surface area contributed by atoms with Crippen molar-refractivity contribution < 1.29 is 0 Å². The second-order valence-corrected chi connectivity index (χ2v) is 9.29. The number of nitrogens with zero attached hydrogens (tertiary/aromatic N) is 1. The van der Waals surface area contributed by atoms with Crippen molar-refractivity contribution >= 4 is 30.2 Å². The van der Waals surface area contributed by atoms with Crippen molar-refractivity contribution in [3.8, 4) is 0 Å². The molecule has 0 aliphatic carbocycles. The summed E-state index contributed by atoms with van der Waals surface area (Å²) in [6.07, 6.45) is 4.82. The van der Waals surface area contributed by atoms with Gasteiger partial charge in [-0.2, -0.15) is 0 Å². The zero-order valence-electron chi connectivity index (χ0n) is 13.5. The third-order valence-electron chi connectivity index (χ3n) is 4.50. The molecule has 21 heavy (non-hydrogen) atoms. The molecule has 1 N–H and O–H groups in total. The fourth-order valence-electron chi connectivity index (χ4n) is 2.60. The van der Waals surface area contributed by atoms with E-state index in [1.165, 1.54) is 15.2 Å². The van der Waals surface area contributed by atoms with E-state index in [0.717, 1.165) is 0 Å². The van der Waals surface area contributed by atoms with Gasteiger partial charge in [0.25, 0.3) is 0 Å². The van der Waals surface area contributed by atoms with Gasteiger partial charge < -0.3 is 0 Å². The van der Waals surface area contributed by atoms with E-state index < -0.39 is 0 Å². The Hall–Kier alpha value is -1.02. The number of benzene rings is 1. The van der Waals surface area contributed by atoms with Crippen molar-refractivity contribution in [2.75, 3.05) is 7.05 Å². The molecule has 0 fully saturated rings. The molecule has 0 radical (unpaired) electrons. The van der Waals surface area contributed by atoms with Gasteiger partial charge in [0.1, 0.15) is 0 Å². The van der Waals surface area contributed by atoms with Crippen molar-refractivity contribution in [2.45, 2.75) is 39.9 Å². The quantitative estimate of drug-likeness (QED) is 0.831. The van der Waals surface area contributed by atoms with Crippen LogP contribution >= 0.6 is 0 Å². The normalized spacial score (nSPS) is 19.9. The molecule has 1 aromatic carbocycles. The summed E-state index contributed by atoms with van der Waals surface area (Å²) in [5.74, 6) is 0. The molecule has 2 heterocycles. The van der Waals surface area contributed by atoms with Gasteiger partial charge in [-0.1, -0.05) is 0 Å². The molecule has 0 amide bonds. The SMILES string of the molecule is C[C@@H](NC1c2[se]c3ccccc3c2C=CN1C)C(C)(C)C. The molecule has 1 aliphatic heterocycles. The predicted molar refractivity (Wildman–Crippen MR) is 92.5 cm³/mol. The summed E-state index contributed by atoms with van der Waals surface area (Å²) in [6, 6.07) is 9.32. The van der Waals surface area contributed by atoms with Gasteiger partial charge >= 0.3 is 133 Å². The molecule has 112 valence electrons. The first-order chi connectivity index (χ1) is 9.88. The van der Waals surface area contributed by atoms with Gasteiger partial charge in [0, 0.05) is 0 Å². The first-order valence-electron chi connectivity index (χ1n) is 7.55. The van der Waals surface area contributed by atoms with Gasteiger partial charge in [0.05, 0.1) is 0 Å². The van der Waals surface area contributed by atoms with Crippen LogP contribution in [0.3, 0.4) is 0 Å². The number of fused-ring (bicyclic) bond motifs is 3. The summed E-state index contributed by atoms with van der Waals surface area (Å²) in [7, 11) is 2.17. The maximum atomic E-state index is 3.85. The first kappa shape index (κ1) is 14.9. The number of hydrogen-bond acceptors (Lipinski definition) is 2. The van der Waals surface area contributed by atoms with Gasteiger partial charge in [-0.05, 0) is 0 Å². The van der Waals surface area contributed by atoms with Crippen molar-refractivity contribution in [1.29, 1.82) is 0 Å². The zero-order chi connectivity index (χ0) is 15.2. The van der Waals surface area contributed by atoms with Gasteiger partial charge in [-0.25, -0.2) is 0 Å². The standard InChI is InChI=1S/C18H24N2Se/c1-12(18(2,3)4)19-17-16-14(10-11-20(17)5)13-8-6-7-9-15(13)21-16/h6-12,17,19H,1-5H3/t12-,17?/m1/s1. The summed E-state index contributed by atoms with van der Waals surface area (Å²) >= 11 is 0.431. The molecule has 1 aromatic heterocycles. The Morgan fingerprint density at radius 3 is 2.67 bits per heavy atom. The molecule has 0 bridgehead atoms. The van der Waals surface area contributed by atoms with E-state index in [2.05, 4.69) is 81.5 Å². The molecule has 3 heteroatoms. The predicted octanol–water partition coefficient (Wildman–Crippen LogP) is 3.84. The van der Waals surface area contributed by atoms with E-state index in [1.807, 2.05) is 0 Å². The minimum absolute atomic E-state index is 0.265. The van der Waals surface area contributed by atoms with Gasteiger partial charge in [0.2, 0.25) is 0 Å². The van der Waals surface area contributed by atoms with E-state index in [0.29, 0.717) is 26.7 Å². The number of hydrogen-bond donors (Lipinski definition) is 1. The van der Waals surface area contributed by atoms with Crippen LogP contribution in [-0.4, -0.2) is 32.5 Å². The molecule has 2 aromatic rings. The molecular weight excluding hydrogens is 323 g/mol. The minimum atomic E-state index is 0.265. The van der Waals surface area contributed by atoms with E-state index in [4.69, 9.17) is 0 Å². The van der Waals surface area contributed by atoms with Crippen molar-refractivity contribution in [1.82, 2.24) is 10.2 Å². The summed E-state index contributed by atoms with van der Waals surface area (Å²) in [5, 5.41) is 5.28. The summed E-state index contributed by atoms with van der Waals surface area (Å²) in [6.45, 7) is 9.19. The van der Waals surface area contributed by atoms with Gasteiger partial charge in [-0.3, -0.25) is 0 Å². The molecule has 1 unspecified atom stereocenters. The molecule has 2 atom stereocenters.